The molecule has 92 valence electrons. The van der Waals surface area contributed by atoms with E-state index in [4.69, 9.17) is 0 Å². The van der Waals surface area contributed by atoms with Gasteiger partial charge in [-0.25, -0.2) is 4.39 Å². The Morgan fingerprint density at radius 2 is 1.88 bits per heavy atom. The van der Waals surface area contributed by atoms with E-state index in [1.807, 2.05) is 0 Å². The van der Waals surface area contributed by atoms with Crippen LogP contribution in [0.2, 0.25) is 0 Å². The average molecular weight is 237 g/mol. The predicted molar refractivity (Wildman–Crippen MR) is 61.9 cm³/mol. The minimum Gasteiger partial charge on any atom is -0.393 e. The summed E-state index contributed by atoms with van der Waals surface area (Å²) in [6.07, 6.45) is 1.32. The third-order valence-corrected chi connectivity index (χ3v) is 3.09. The van der Waals surface area contributed by atoms with Gasteiger partial charge in [0.25, 0.3) is 0 Å². The highest BCUT2D eigenvalue weighted by molar-refractivity contribution is 5.78. The quantitative estimate of drug-likeness (QED) is 0.843. The molecule has 0 aliphatic carbocycles. The molecule has 0 bridgehead atoms. The molecule has 4 heteroatoms. The molecule has 0 saturated carbocycles. The number of rotatable bonds is 2. The predicted octanol–water partition coefficient (Wildman–Crippen LogP) is 1.35. The molecule has 17 heavy (non-hydrogen) atoms. The van der Waals surface area contributed by atoms with Crippen molar-refractivity contribution in [3.05, 3.63) is 35.6 Å². The minimum atomic E-state index is -0.290. The van der Waals surface area contributed by atoms with E-state index in [1.165, 1.54) is 12.1 Å². The van der Waals surface area contributed by atoms with Crippen molar-refractivity contribution in [2.45, 2.75) is 25.4 Å². The van der Waals surface area contributed by atoms with Gasteiger partial charge in [-0.05, 0) is 30.5 Å². The summed E-state index contributed by atoms with van der Waals surface area (Å²) in [4.78, 5) is 13.7. The minimum absolute atomic E-state index is 0.0449. The average Bonchev–Trinajstić information content (AvgIpc) is 2.33. The standard InChI is InChI=1S/C13H16FNO2/c14-11-3-1-10(2-4-11)9-13(17)15-7-5-12(16)6-8-15/h1-4,12,16H,5-9H2. The number of amides is 1. The van der Waals surface area contributed by atoms with Gasteiger partial charge in [-0.1, -0.05) is 12.1 Å². The van der Waals surface area contributed by atoms with Gasteiger partial charge in [0.15, 0.2) is 0 Å². The normalized spacial score (nSPS) is 17.2. The van der Waals surface area contributed by atoms with Crippen LogP contribution in [0.5, 0.6) is 0 Å². The molecule has 1 aromatic rings. The first-order valence-corrected chi connectivity index (χ1v) is 5.85. The lowest BCUT2D eigenvalue weighted by atomic mass is 10.1. The highest BCUT2D eigenvalue weighted by Crippen LogP contribution is 2.12. The number of nitrogens with zero attached hydrogens (tertiary/aromatic N) is 1. The van der Waals surface area contributed by atoms with Crippen LogP contribution in [0, 0.1) is 5.82 Å². The van der Waals surface area contributed by atoms with E-state index in [9.17, 15) is 14.3 Å². The number of hydrogen-bond donors (Lipinski definition) is 1. The lowest BCUT2D eigenvalue weighted by Gasteiger charge is -2.29. The molecule has 1 aliphatic rings. The van der Waals surface area contributed by atoms with E-state index >= 15 is 0 Å². The number of aliphatic hydroxyl groups is 1. The molecule has 1 saturated heterocycles. The van der Waals surface area contributed by atoms with Crippen LogP contribution in [0.3, 0.4) is 0 Å². The first-order chi connectivity index (χ1) is 8.15. The van der Waals surface area contributed by atoms with Gasteiger partial charge in [0.05, 0.1) is 12.5 Å². The maximum Gasteiger partial charge on any atom is 0.226 e. The lowest BCUT2D eigenvalue weighted by Crippen LogP contribution is -2.40. The summed E-state index contributed by atoms with van der Waals surface area (Å²) in [6.45, 7) is 1.22. The van der Waals surface area contributed by atoms with Gasteiger partial charge in [-0.15, -0.1) is 0 Å². The van der Waals surface area contributed by atoms with E-state index in [0.717, 1.165) is 5.56 Å². The molecule has 1 heterocycles. The number of carbonyl (C=O) groups is 1. The van der Waals surface area contributed by atoms with Crippen LogP contribution < -0.4 is 0 Å². The van der Waals surface area contributed by atoms with Crippen LogP contribution in [-0.2, 0) is 11.2 Å². The molecule has 0 aromatic heterocycles. The molecule has 1 amide bonds. The summed E-state index contributed by atoms with van der Waals surface area (Å²) in [6, 6.07) is 5.99. The van der Waals surface area contributed by atoms with Gasteiger partial charge < -0.3 is 10.0 Å². The molecule has 1 N–H and O–H groups in total. The molecule has 0 atom stereocenters. The van der Waals surface area contributed by atoms with Crippen molar-refractivity contribution in [3.8, 4) is 0 Å². The Morgan fingerprint density at radius 3 is 2.47 bits per heavy atom. The van der Waals surface area contributed by atoms with Gasteiger partial charge in [0, 0.05) is 13.1 Å². The van der Waals surface area contributed by atoms with E-state index in [-0.39, 0.29) is 17.8 Å². The van der Waals surface area contributed by atoms with E-state index < -0.39 is 0 Å². The largest absolute Gasteiger partial charge is 0.393 e. The Hall–Kier alpha value is -1.42. The molecule has 0 spiro atoms. The Morgan fingerprint density at radius 1 is 1.29 bits per heavy atom. The molecule has 1 aliphatic heterocycles. The van der Waals surface area contributed by atoms with E-state index in [1.54, 1.807) is 17.0 Å². The maximum atomic E-state index is 12.7. The third kappa shape index (κ3) is 3.27. The zero-order valence-corrected chi connectivity index (χ0v) is 9.60. The Kier molecular flexibility index (Phi) is 3.74. The second kappa shape index (κ2) is 5.27. The molecule has 0 radical (unpaired) electrons. The van der Waals surface area contributed by atoms with Crippen LogP contribution in [0.25, 0.3) is 0 Å². The van der Waals surface area contributed by atoms with Gasteiger partial charge in [0.2, 0.25) is 5.91 Å². The Bertz CT molecular complexity index is 383. The van der Waals surface area contributed by atoms with Crippen molar-refractivity contribution >= 4 is 5.91 Å². The van der Waals surface area contributed by atoms with Crippen LogP contribution in [0.1, 0.15) is 18.4 Å². The summed E-state index contributed by atoms with van der Waals surface area (Å²) in [7, 11) is 0. The van der Waals surface area contributed by atoms with Crippen LogP contribution in [0.4, 0.5) is 4.39 Å². The molecular weight excluding hydrogens is 221 g/mol. The van der Waals surface area contributed by atoms with Crippen molar-refractivity contribution in [2.24, 2.45) is 0 Å². The van der Waals surface area contributed by atoms with E-state index in [0.29, 0.717) is 32.4 Å². The third-order valence-electron chi connectivity index (χ3n) is 3.09. The highest BCUT2D eigenvalue weighted by Gasteiger charge is 2.21. The van der Waals surface area contributed by atoms with Crippen LogP contribution >= 0.6 is 0 Å². The Balaban J connectivity index is 1.90. The van der Waals surface area contributed by atoms with Crippen molar-refractivity contribution in [1.82, 2.24) is 4.90 Å². The lowest BCUT2D eigenvalue weighted by molar-refractivity contribution is -0.132. The summed E-state index contributed by atoms with van der Waals surface area (Å²) in [5.74, 6) is -0.245. The molecular formula is C13H16FNO2. The number of aliphatic hydroxyl groups excluding tert-OH is 1. The maximum absolute atomic E-state index is 12.7. The van der Waals surface area contributed by atoms with Crippen molar-refractivity contribution in [2.75, 3.05) is 13.1 Å². The number of piperidine rings is 1. The van der Waals surface area contributed by atoms with Crippen LogP contribution in [-0.4, -0.2) is 35.1 Å². The Labute approximate surface area is 99.9 Å². The topological polar surface area (TPSA) is 40.5 Å². The summed E-state index contributed by atoms with van der Waals surface area (Å²) in [5, 5.41) is 9.35. The number of hydrogen-bond acceptors (Lipinski definition) is 2. The fraction of sp³-hybridized carbons (Fsp3) is 0.462. The van der Waals surface area contributed by atoms with Gasteiger partial charge in [-0.3, -0.25) is 4.79 Å². The SMILES string of the molecule is O=C(Cc1ccc(F)cc1)N1CCC(O)CC1. The first-order valence-electron chi connectivity index (χ1n) is 5.85. The van der Waals surface area contributed by atoms with Crippen molar-refractivity contribution < 1.29 is 14.3 Å². The summed E-state index contributed by atoms with van der Waals surface area (Å²) < 4.78 is 12.7. The molecule has 0 unspecified atom stereocenters. The van der Waals surface area contributed by atoms with E-state index in [2.05, 4.69) is 0 Å². The van der Waals surface area contributed by atoms with Crippen molar-refractivity contribution in [3.63, 3.8) is 0 Å². The number of benzene rings is 1. The second-order valence-electron chi connectivity index (χ2n) is 4.42. The molecule has 3 nitrogen and oxygen atoms in total. The molecule has 1 fully saturated rings. The summed E-state index contributed by atoms with van der Waals surface area (Å²) in [5.41, 5.74) is 0.822. The molecule has 2 rings (SSSR count). The summed E-state index contributed by atoms with van der Waals surface area (Å²) >= 11 is 0. The fourth-order valence-corrected chi connectivity index (χ4v) is 2.00. The number of likely N-dealkylation sites (tertiary alicyclic amines) is 1. The second-order valence-corrected chi connectivity index (χ2v) is 4.42. The van der Waals surface area contributed by atoms with Crippen LogP contribution in [0.15, 0.2) is 24.3 Å². The number of halogens is 1. The van der Waals surface area contributed by atoms with Gasteiger partial charge >= 0.3 is 0 Å². The zero-order valence-electron chi connectivity index (χ0n) is 9.60. The van der Waals surface area contributed by atoms with Crippen molar-refractivity contribution in [1.29, 1.82) is 0 Å². The number of carbonyl (C=O) groups excluding carboxylic acids is 1. The fourth-order valence-electron chi connectivity index (χ4n) is 2.00. The van der Waals surface area contributed by atoms with Gasteiger partial charge in [-0.2, -0.15) is 0 Å². The highest BCUT2D eigenvalue weighted by atomic mass is 19.1. The zero-order chi connectivity index (χ0) is 12.3. The monoisotopic (exact) mass is 237 g/mol. The first kappa shape index (κ1) is 12.0. The van der Waals surface area contributed by atoms with Gasteiger partial charge in [0.1, 0.15) is 5.82 Å². The molecule has 1 aromatic carbocycles. The smallest absolute Gasteiger partial charge is 0.226 e.